The van der Waals surface area contributed by atoms with Crippen LogP contribution in [0.2, 0.25) is 0 Å². The van der Waals surface area contributed by atoms with Crippen molar-refractivity contribution in [2.45, 2.75) is 6.92 Å². The van der Waals surface area contributed by atoms with Gasteiger partial charge in [0, 0.05) is 12.7 Å². The molecule has 0 saturated heterocycles. The van der Waals surface area contributed by atoms with E-state index in [1.807, 2.05) is 47.8 Å². The molecule has 0 saturated carbocycles. The number of hydrogen-bond acceptors (Lipinski definition) is 4. The molecule has 0 unspecified atom stereocenters. The fourth-order valence-corrected chi connectivity index (χ4v) is 2.68. The van der Waals surface area contributed by atoms with E-state index in [1.54, 1.807) is 18.9 Å². The van der Waals surface area contributed by atoms with Gasteiger partial charge in [-0.1, -0.05) is 24.3 Å². The number of rotatable bonds is 3. The van der Waals surface area contributed by atoms with Crippen LogP contribution >= 0.6 is 11.3 Å². The van der Waals surface area contributed by atoms with E-state index >= 15 is 0 Å². The molecule has 3 aromatic rings. The fraction of sp³-hybridized carbons (Fsp3) is 0.125. The Hall–Kier alpha value is -2.40. The molecule has 0 bridgehead atoms. The van der Waals surface area contributed by atoms with Crippen LogP contribution in [-0.2, 0) is 0 Å². The highest BCUT2D eigenvalue weighted by molar-refractivity contribution is 7.13. The largest absolute Gasteiger partial charge is 0.440 e. The van der Waals surface area contributed by atoms with Crippen LogP contribution in [0.1, 0.15) is 16.2 Å². The molecule has 0 aliphatic rings. The maximum absolute atomic E-state index is 12.6. The van der Waals surface area contributed by atoms with Crippen LogP contribution in [0.3, 0.4) is 0 Å². The predicted molar refractivity (Wildman–Crippen MR) is 83.7 cm³/mol. The normalized spacial score (nSPS) is 10.6. The van der Waals surface area contributed by atoms with Crippen LogP contribution in [0.25, 0.3) is 10.8 Å². The van der Waals surface area contributed by atoms with Crippen molar-refractivity contribution in [2.24, 2.45) is 0 Å². The lowest BCUT2D eigenvalue weighted by Crippen LogP contribution is -2.27. The minimum absolute atomic E-state index is 0.176. The van der Waals surface area contributed by atoms with E-state index in [0.717, 1.165) is 10.6 Å². The fourth-order valence-electron chi connectivity index (χ4n) is 2.03. The summed E-state index contributed by atoms with van der Waals surface area (Å²) in [5.74, 6) is 0.851. The Bertz CT molecular complexity index is 748. The van der Waals surface area contributed by atoms with Gasteiger partial charge < -0.3 is 9.32 Å². The summed E-state index contributed by atoms with van der Waals surface area (Å²) >= 11 is 1.53. The Morgan fingerprint density at radius 1 is 1.19 bits per heavy atom. The van der Waals surface area contributed by atoms with E-state index in [1.165, 1.54) is 11.3 Å². The van der Waals surface area contributed by atoms with Crippen LogP contribution in [-0.4, -0.2) is 17.9 Å². The number of para-hydroxylation sites is 1. The van der Waals surface area contributed by atoms with Crippen molar-refractivity contribution in [1.29, 1.82) is 0 Å². The quantitative estimate of drug-likeness (QED) is 0.734. The lowest BCUT2D eigenvalue weighted by Gasteiger charge is -2.15. The topological polar surface area (TPSA) is 46.3 Å². The highest BCUT2D eigenvalue weighted by atomic mass is 32.1. The van der Waals surface area contributed by atoms with Gasteiger partial charge in [0.2, 0.25) is 5.89 Å². The van der Waals surface area contributed by atoms with Crippen LogP contribution in [0.15, 0.2) is 52.3 Å². The molecule has 0 fully saturated rings. The van der Waals surface area contributed by atoms with E-state index in [-0.39, 0.29) is 5.91 Å². The van der Waals surface area contributed by atoms with Gasteiger partial charge in [0.05, 0.1) is 4.88 Å². The van der Waals surface area contributed by atoms with E-state index in [4.69, 9.17) is 4.42 Å². The van der Waals surface area contributed by atoms with Gasteiger partial charge in [-0.25, -0.2) is 4.98 Å². The second-order valence-electron chi connectivity index (χ2n) is 4.60. The summed E-state index contributed by atoms with van der Waals surface area (Å²) < 4.78 is 5.62. The number of thiophene rings is 1. The molecular formula is C16H14N2O2S. The monoisotopic (exact) mass is 298 g/mol. The third-order valence-electron chi connectivity index (χ3n) is 3.18. The summed E-state index contributed by atoms with van der Waals surface area (Å²) in [4.78, 5) is 19.4. The maximum Gasteiger partial charge on any atom is 0.280 e. The predicted octanol–water partition coefficient (Wildman–Crippen LogP) is 3.99. The molecule has 1 amide bonds. The number of carbonyl (C=O) groups excluding carboxylic acids is 1. The van der Waals surface area contributed by atoms with Gasteiger partial charge in [-0.05, 0) is 30.5 Å². The molecule has 0 radical (unpaired) electrons. The molecule has 1 aromatic carbocycles. The van der Waals surface area contributed by atoms with Gasteiger partial charge in [0.1, 0.15) is 5.76 Å². The Morgan fingerprint density at radius 2 is 1.95 bits per heavy atom. The van der Waals surface area contributed by atoms with Crippen LogP contribution in [0.4, 0.5) is 5.69 Å². The zero-order chi connectivity index (χ0) is 14.8. The van der Waals surface area contributed by atoms with E-state index in [0.29, 0.717) is 17.3 Å². The number of anilines is 1. The van der Waals surface area contributed by atoms with Gasteiger partial charge in [-0.2, -0.15) is 0 Å². The molecule has 21 heavy (non-hydrogen) atoms. The standard InChI is InChI=1S/C16H14N2O2S/c1-11-14(17-15(20-11)13-9-6-10-21-13)16(19)18(2)12-7-4-3-5-8-12/h3-10H,1-2H3. The van der Waals surface area contributed by atoms with Crippen LogP contribution in [0, 0.1) is 6.92 Å². The number of nitrogens with zero attached hydrogens (tertiary/aromatic N) is 2. The molecule has 4 nitrogen and oxygen atoms in total. The zero-order valence-electron chi connectivity index (χ0n) is 11.7. The highest BCUT2D eigenvalue weighted by Gasteiger charge is 2.22. The third kappa shape index (κ3) is 2.60. The third-order valence-corrected chi connectivity index (χ3v) is 4.04. The molecule has 2 aromatic heterocycles. The van der Waals surface area contributed by atoms with Gasteiger partial charge >= 0.3 is 0 Å². The zero-order valence-corrected chi connectivity index (χ0v) is 12.6. The molecule has 5 heteroatoms. The van der Waals surface area contributed by atoms with Crippen molar-refractivity contribution in [2.75, 3.05) is 11.9 Å². The smallest absolute Gasteiger partial charge is 0.280 e. The summed E-state index contributed by atoms with van der Waals surface area (Å²) in [6.07, 6.45) is 0. The number of hydrogen-bond donors (Lipinski definition) is 0. The molecular weight excluding hydrogens is 284 g/mol. The number of oxazole rings is 1. The van der Waals surface area contributed by atoms with Crippen molar-refractivity contribution >= 4 is 22.9 Å². The number of benzene rings is 1. The number of carbonyl (C=O) groups is 1. The maximum atomic E-state index is 12.6. The summed E-state index contributed by atoms with van der Waals surface area (Å²) in [7, 11) is 1.73. The molecule has 0 aliphatic carbocycles. The van der Waals surface area contributed by atoms with Crippen LogP contribution < -0.4 is 4.90 Å². The van der Waals surface area contributed by atoms with Crippen molar-refractivity contribution in [1.82, 2.24) is 4.98 Å². The number of aromatic nitrogens is 1. The Labute approximate surface area is 126 Å². The second-order valence-corrected chi connectivity index (χ2v) is 5.55. The Kier molecular flexibility index (Phi) is 3.58. The van der Waals surface area contributed by atoms with Crippen molar-refractivity contribution < 1.29 is 9.21 Å². The summed E-state index contributed by atoms with van der Waals surface area (Å²) in [5.41, 5.74) is 1.17. The van der Waals surface area contributed by atoms with E-state index in [9.17, 15) is 4.79 Å². The molecule has 3 rings (SSSR count). The van der Waals surface area contributed by atoms with Crippen molar-refractivity contribution in [3.8, 4) is 10.8 Å². The molecule has 2 heterocycles. The van der Waals surface area contributed by atoms with Gasteiger partial charge in [0.15, 0.2) is 5.69 Å². The minimum Gasteiger partial charge on any atom is -0.440 e. The average molecular weight is 298 g/mol. The van der Waals surface area contributed by atoms with E-state index < -0.39 is 0 Å². The SMILES string of the molecule is Cc1oc(-c2cccs2)nc1C(=O)N(C)c1ccccc1. The van der Waals surface area contributed by atoms with Crippen LogP contribution in [0.5, 0.6) is 0 Å². The first-order valence-electron chi connectivity index (χ1n) is 6.51. The molecule has 0 N–H and O–H groups in total. The first kappa shape index (κ1) is 13.6. The summed E-state index contributed by atoms with van der Waals surface area (Å²) in [6.45, 7) is 1.76. The Balaban J connectivity index is 1.92. The lowest BCUT2D eigenvalue weighted by molar-refractivity contribution is 0.0987. The number of aryl methyl sites for hydroxylation is 1. The minimum atomic E-state index is -0.176. The molecule has 0 spiro atoms. The van der Waals surface area contributed by atoms with E-state index in [2.05, 4.69) is 4.98 Å². The Morgan fingerprint density at radius 3 is 2.62 bits per heavy atom. The molecule has 0 aliphatic heterocycles. The van der Waals surface area contributed by atoms with Crippen molar-refractivity contribution in [3.63, 3.8) is 0 Å². The van der Waals surface area contributed by atoms with Crippen molar-refractivity contribution in [3.05, 3.63) is 59.3 Å². The van der Waals surface area contributed by atoms with Gasteiger partial charge in [-0.3, -0.25) is 4.79 Å². The first-order chi connectivity index (χ1) is 10.2. The highest BCUT2D eigenvalue weighted by Crippen LogP contribution is 2.27. The summed E-state index contributed by atoms with van der Waals surface area (Å²) in [6, 6.07) is 13.3. The summed E-state index contributed by atoms with van der Waals surface area (Å²) in [5, 5.41) is 1.95. The van der Waals surface area contributed by atoms with Gasteiger partial charge in [-0.15, -0.1) is 11.3 Å². The average Bonchev–Trinajstić information content (AvgIpc) is 3.16. The number of amides is 1. The van der Waals surface area contributed by atoms with Gasteiger partial charge in [0.25, 0.3) is 5.91 Å². The first-order valence-corrected chi connectivity index (χ1v) is 7.39. The lowest BCUT2D eigenvalue weighted by atomic mass is 10.2. The second kappa shape index (κ2) is 5.54. The molecule has 0 atom stereocenters. The molecule has 106 valence electrons.